The molecule has 6 heteroatoms. The highest BCUT2D eigenvalue weighted by Gasteiger charge is 2.23. The van der Waals surface area contributed by atoms with Gasteiger partial charge >= 0.3 is 5.97 Å². The number of para-hydroxylation sites is 1. The average molecular weight is 466 g/mol. The first-order chi connectivity index (χ1) is 16.0. The van der Waals surface area contributed by atoms with E-state index in [2.05, 4.69) is 19.2 Å². The van der Waals surface area contributed by atoms with Gasteiger partial charge in [0.1, 0.15) is 21.9 Å². The molecule has 0 aliphatic rings. The Balaban J connectivity index is 0.000000714. The number of fused-ring (bicyclic) bond motifs is 1. The van der Waals surface area contributed by atoms with Crippen molar-refractivity contribution in [2.24, 2.45) is 0 Å². The summed E-state index contributed by atoms with van der Waals surface area (Å²) in [6.07, 6.45) is 2.12. The van der Waals surface area contributed by atoms with Gasteiger partial charge < -0.3 is 14.8 Å². The Kier molecular flexibility index (Phi) is 10.4. The van der Waals surface area contributed by atoms with E-state index in [-0.39, 0.29) is 17.9 Å². The van der Waals surface area contributed by atoms with Crippen LogP contribution in [0.3, 0.4) is 0 Å². The number of carbonyl (C=O) groups excluding carboxylic acids is 1. The highest BCUT2D eigenvalue weighted by molar-refractivity contribution is 7.15. The van der Waals surface area contributed by atoms with Crippen LogP contribution in [-0.4, -0.2) is 17.0 Å². The molecule has 0 aliphatic carbocycles. The van der Waals surface area contributed by atoms with Crippen LogP contribution in [0, 0.1) is 0 Å². The summed E-state index contributed by atoms with van der Waals surface area (Å²) in [6, 6.07) is 19.0. The maximum Gasteiger partial charge on any atom is 0.339 e. The summed E-state index contributed by atoms with van der Waals surface area (Å²) in [5.41, 5.74) is 2.27. The number of carbonyl (C=O) groups is 2. The third kappa shape index (κ3) is 7.05. The van der Waals surface area contributed by atoms with Gasteiger partial charge in [0.2, 0.25) is 5.91 Å². The van der Waals surface area contributed by atoms with E-state index in [1.165, 1.54) is 17.8 Å². The lowest BCUT2D eigenvalue weighted by atomic mass is 10.1. The predicted octanol–water partition coefficient (Wildman–Crippen LogP) is 7.87. The number of hydrogen-bond donors (Lipinski definition) is 2. The van der Waals surface area contributed by atoms with Crippen LogP contribution < -0.4 is 5.32 Å². The fourth-order valence-corrected chi connectivity index (χ4v) is 4.01. The minimum atomic E-state index is -1.10. The number of benzene rings is 2. The van der Waals surface area contributed by atoms with Gasteiger partial charge in [-0.25, -0.2) is 4.79 Å². The van der Waals surface area contributed by atoms with Crippen molar-refractivity contribution in [3.05, 3.63) is 77.2 Å². The largest absolute Gasteiger partial charge is 0.478 e. The van der Waals surface area contributed by atoms with Crippen molar-refractivity contribution in [3.8, 4) is 11.3 Å². The molecule has 0 atom stereocenters. The van der Waals surface area contributed by atoms with E-state index in [4.69, 9.17) is 4.42 Å². The molecule has 2 N–H and O–H groups in total. The van der Waals surface area contributed by atoms with Crippen LogP contribution in [0.2, 0.25) is 0 Å². The zero-order valence-electron chi connectivity index (χ0n) is 19.6. The summed E-state index contributed by atoms with van der Waals surface area (Å²) < 4.78 is 5.80. The SMILES string of the molecule is CC.CCC.O=C(CCc1ccccc1)Nc1scc(-c2cc3ccccc3o2)c1C(=O)O. The lowest BCUT2D eigenvalue weighted by Crippen LogP contribution is -2.13. The Labute approximate surface area is 199 Å². The molecule has 0 fully saturated rings. The molecule has 33 heavy (non-hydrogen) atoms. The Morgan fingerprint density at radius 3 is 2.27 bits per heavy atom. The molecule has 0 saturated heterocycles. The lowest BCUT2D eigenvalue weighted by molar-refractivity contribution is -0.116. The molecule has 0 unspecified atom stereocenters. The number of aromatic carboxylic acids is 1. The first-order valence-electron chi connectivity index (χ1n) is 11.2. The number of carboxylic acids is 1. The quantitative estimate of drug-likeness (QED) is 0.303. The molecular formula is C27H31NO4S. The van der Waals surface area contributed by atoms with E-state index in [1.54, 1.807) is 5.38 Å². The second-order valence-corrected chi connectivity index (χ2v) is 7.93. The smallest absolute Gasteiger partial charge is 0.339 e. The maximum atomic E-state index is 12.3. The minimum absolute atomic E-state index is 0.0529. The number of thiophene rings is 1. The van der Waals surface area contributed by atoms with Gasteiger partial charge in [0, 0.05) is 22.8 Å². The number of hydrogen-bond acceptors (Lipinski definition) is 4. The van der Waals surface area contributed by atoms with E-state index < -0.39 is 5.97 Å². The maximum absolute atomic E-state index is 12.3. The second kappa shape index (κ2) is 13.2. The molecule has 0 saturated carbocycles. The predicted molar refractivity (Wildman–Crippen MR) is 137 cm³/mol. The normalized spacial score (nSPS) is 9.94. The number of amides is 1. The van der Waals surface area contributed by atoms with Crippen LogP contribution in [0.25, 0.3) is 22.3 Å². The van der Waals surface area contributed by atoms with Gasteiger partial charge in [0.25, 0.3) is 0 Å². The number of aryl methyl sites for hydroxylation is 1. The molecule has 0 aliphatic heterocycles. The van der Waals surface area contributed by atoms with E-state index in [9.17, 15) is 14.7 Å². The minimum Gasteiger partial charge on any atom is -0.478 e. The molecule has 4 rings (SSSR count). The first kappa shape index (κ1) is 25.9. The standard InChI is InChI=1S/C22H17NO4S.C3H8.C2H6/c24-19(11-10-14-6-2-1-3-7-14)23-21-20(22(25)26)16(13-28-21)18-12-15-8-4-5-9-17(15)27-18;1-3-2;1-2/h1-9,12-13H,10-11H2,(H,23,24)(H,25,26);3H2,1-2H3;1-2H3. The Morgan fingerprint density at radius 2 is 1.64 bits per heavy atom. The molecular weight excluding hydrogens is 434 g/mol. The van der Waals surface area contributed by atoms with Crippen molar-refractivity contribution >= 4 is 39.2 Å². The van der Waals surface area contributed by atoms with Crippen LogP contribution in [0.15, 0.2) is 70.5 Å². The number of carboxylic acid groups (broad SMARTS) is 1. The fourth-order valence-electron chi connectivity index (χ4n) is 3.05. The molecule has 2 heterocycles. The van der Waals surface area contributed by atoms with Crippen molar-refractivity contribution < 1.29 is 19.1 Å². The molecule has 4 aromatic rings. The summed E-state index contributed by atoms with van der Waals surface area (Å²) in [7, 11) is 0. The van der Waals surface area contributed by atoms with Gasteiger partial charge in [0.05, 0.1) is 0 Å². The number of anilines is 1. The number of furan rings is 1. The molecule has 0 radical (unpaired) electrons. The third-order valence-electron chi connectivity index (χ3n) is 4.43. The molecule has 0 bridgehead atoms. The molecule has 2 aromatic heterocycles. The summed E-state index contributed by atoms with van der Waals surface area (Å²) in [6.45, 7) is 8.25. The van der Waals surface area contributed by atoms with E-state index in [0.717, 1.165) is 10.9 Å². The lowest BCUT2D eigenvalue weighted by Gasteiger charge is -2.05. The second-order valence-electron chi connectivity index (χ2n) is 7.05. The Morgan fingerprint density at radius 1 is 1.00 bits per heavy atom. The van der Waals surface area contributed by atoms with Gasteiger partial charge in [-0.2, -0.15) is 0 Å². The highest BCUT2D eigenvalue weighted by Crippen LogP contribution is 2.38. The average Bonchev–Trinajstić information content (AvgIpc) is 3.44. The molecule has 1 amide bonds. The summed E-state index contributed by atoms with van der Waals surface area (Å²) in [4.78, 5) is 24.2. The van der Waals surface area contributed by atoms with Crippen molar-refractivity contribution in [1.29, 1.82) is 0 Å². The van der Waals surface area contributed by atoms with Gasteiger partial charge in [-0.1, -0.05) is 82.6 Å². The Hall–Kier alpha value is -3.38. The zero-order valence-corrected chi connectivity index (χ0v) is 20.4. The molecule has 5 nitrogen and oxygen atoms in total. The zero-order chi connectivity index (χ0) is 24.2. The molecule has 174 valence electrons. The van der Waals surface area contributed by atoms with E-state index >= 15 is 0 Å². The van der Waals surface area contributed by atoms with Crippen molar-refractivity contribution in [3.63, 3.8) is 0 Å². The third-order valence-corrected chi connectivity index (χ3v) is 5.33. The monoisotopic (exact) mass is 465 g/mol. The van der Waals surface area contributed by atoms with Gasteiger partial charge in [-0.05, 0) is 24.1 Å². The topological polar surface area (TPSA) is 79.5 Å². The van der Waals surface area contributed by atoms with Gasteiger partial charge in [0.15, 0.2) is 0 Å². The molecule has 2 aromatic carbocycles. The van der Waals surface area contributed by atoms with Crippen molar-refractivity contribution in [1.82, 2.24) is 0 Å². The highest BCUT2D eigenvalue weighted by atomic mass is 32.1. The van der Waals surface area contributed by atoms with Crippen LogP contribution in [-0.2, 0) is 11.2 Å². The summed E-state index contributed by atoms with van der Waals surface area (Å²) in [5, 5.41) is 15.4. The van der Waals surface area contributed by atoms with Crippen LogP contribution in [0.4, 0.5) is 5.00 Å². The number of nitrogens with one attached hydrogen (secondary N) is 1. The van der Waals surface area contributed by atoms with Crippen molar-refractivity contribution in [2.75, 3.05) is 5.32 Å². The summed E-state index contributed by atoms with van der Waals surface area (Å²) in [5.74, 6) is -0.848. The van der Waals surface area contributed by atoms with Crippen LogP contribution in [0.1, 0.15) is 56.5 Å². The molecule has 0 spiro atoms. The number of rotatable bonds is 6. The first-order valence-corrected chi connectivity index (χ1v) is 12.1. The van der Waals surface area contributed by atoms with Crippen LogP contribution >= 0.6 is 11.3 Å². The van der Waals surface area contributed by atoms with E-state index in [1.807, 2.05) is 74.5 Å². The fraction of sp³-hybridized carbons (Fsp3) is 0.259. The van der Waals surface area contributed by atoms with Crippen molar-refractivity contribution in [2.45, 2.75) is 47.0 Å². The summed E-state index contributed by atoms with van der Waals surface area (Å²) >= 11 is 1.19. The van der Waals surface area contributed by atoms with Crippen LogP contribution in [0.5, 0.6) is 0 Å². The van der Waals surface area contributed by atoms with E-state index in [0.29, 0.717) is 28.3 Å². The van der Waals surface area contributed by atoms with Gasteiger partial charge in [-0.3, -0.25) is 4.79 Å². The van der Waals surface area contributed by atoms with Gasteiger partial charge in [-0.15, -0.1) is 11.3 Å². The Bertz CT molecular complexity index is 1130.